The summed E-state index contributed by atoms with van der Waals surface area (Å²) in [6.07, 6.45) is 1.43. The average molecular weight is 334 g/mol. The van der Waals surface area contributed by atoms with E-state index < -0.39 is 40.5 Å². The summed E-state index contributed by atoms with van der Waals surface area (Å²) in [6, 6.07) is 0. The molecule has 14 heteroatoms. The van der Waals surface area contributed by atoms with Crippen LogP contribution in [0.15, 0.2) is 22.4 Å². The number of H-pyrrole nitrogens is 2. The third kappa shape index (κ3) is 4.25. The quantitative estimate of drug-likeness (QED) is 0.571. The van der Waals surface area contributed by atoms with Gasteiger partial charge in [-0.25, -0.2) is 8.42 Å². The molecule has 0 aliphatic rings. The standard InChI is InChI=1S/C7H6N6O6S2/c14-6(18-20(16)4-2-8-12-10-4)1-7(15)19-21(17)5-3-9-13-11-5/h2-3H,1H2,(H,8,10,12)(H,9,11,13). The zero-order valence-electron chi connectivity index (χ0n) is 9.92. The molecule has 0 aromatic carbocycles. The molecule has 2 aromatic heterocycles. The molecule has 2 heterocycles. The van der Waals surface area contributed by atoms with Gasteiger partial charge in [-0.3, -0.25) is 19.8 Å². The van der Waals surface area contributed by atoms with Gasteiger partial charge in [0.25, 0.3) is 22.2 Å². The predicted molar refractivity (Wildman–Crippen MR) is 62.4 cm³/mol. The molecule has 112 valence electrons. The molecule has 0 aliphatic carbocycles. The van der Waals surface area contributed by atoms with E-state index in [0.717, 1.165) is 12.4 Å². The first kappa shape index (κ1) is 14.9. The molecule has 0 saturated heterocycles. The zero-order valence-corrected chi connectivity index (χ0v) is 11.5. The minimum absolute atomic E-state index is 0.122. The molecule has 0 radical (unpaired) electrons. The SMILES string of the molecule is O=C(CC(=O)OS(=O)c1c[nH]nn1)OS(=O)c1c[nH]nn1. The fourth-order valence-electron chi connectivity index (χ4n) is 0.976. The lowest BCUT2D eigenvalue weighted by Gasteiger charge is -2.01. The number of hydrogen-bond acceptors (Lipinski definition) is 10. The molecular formula is C7H6N6O6S2. The van der Waals surface area contributed by atoms with Crippen molar-refractivity contribution in [3.8, 4) is 0 Å². The molecule has 0 amide bonds. The molecule has 2 unspecified atom stereocenters. The number of hydrogen-bond donors (Lipinski definition) is 2. The van der Waals surface area contributed by atoms with Gasteiger partial charge < -0.3 is 8.37 Å². The monoisotopic (exact) mass is 334 g/mol. The first-order valence-electron chi connectivity index (χ1n) is 5.05. The highest BCUT2D eigenvalue weighted by Crippen LogP contribution is 2.05. The molecule has 2 rings (SSSR count). The van der Waals surface area contributed by atoms with Crippen LogP contribution in [-0.4, -0.2) is 51.2 Å². The Labute approximate surface area is 120 Å². The van der Waals surface area contributed by atoms with Crippen molar-refractivity contribution in [2.75, 3.05) is 0 Å². The number of carbonyl (C=O) groups is 2. The minimum Gasteiger partial charge on any atom is -0.359 e. The van der Waals surface area contributed by atoms with Gasteiger partial charge in [-0.1, -0.05) is 10.4 Å². The topological polar surface area (TPSA) is 170 Å². The second kappa shape index (κ2) is 6.80. The maximum absolute atomic E-state index is 11.4. The minimum atomic E-state index is -2.21. The van der Waals surface area contributed by atoms with E-state index in [-0.39, 0.29) is 10.1 Å². The second-order valence-electron chi connectivity index (χ2n) is 3.18. The number of nitrogens with zero attached hydrogens (tertiary/aromatic N) is 4. The van der Waals surface area contributed by atoms with Crippen LogP contribution in [0.4, 0.5) is 0 Å². The van der Waals surface area contributed by atoms with Gasteiger partial charge in [-0.2, -0.15) is 0 Å². The van der Waals surface area contributed by atoms with Crippen LogP contribution >= 0.6 is 0 Å². The molecular weight excluding hydrogens is 328 g/mol. The number of aromatic nitrogens is 6. The highest BCUT2D eigenvalue weighted by molar-refractivity contribution is 7.80. The van der Waals surface area contributed by atoms with Crippen molar-refractivity contribution in [3.05, 3.63) is 12.4 Å². The van der Waals surface area contributed by atoms with E-state index in [4.69, 9.17) is 0 Å². The molecule has 0 fully saturated rings. The summed E-state index contributed by atoms with van der Waals surface area (Å²) < 4.78 is 31.7. The molecule has 2 atom stereocenters. The van der Waals surface area contributed by atoms with Crippen LogP contribution < -0.4 is 0 Å². The summed E-state index contributed by atoms with van der Waals surface area (Å²) in [5.41, 5.74) is 0. The van der Waals surface area contributed by atoms with Gasteiger partial charge in [-0.05, 0) is 0 Å². The Morgan fingerprint density at radius 3 is 1.71 bits per heavy atom. The van der Waals surface area contributed by atoms with Gasteiger partial charge >= 0.3 is 11.9 Å². The van der Waals surface area contributed by atoms with Crippen LogP contribution in [0.25, 0.3) is 0 Å². The summed E-state index contributed by atoms with van der Waals surface area (Å²) in [6.45, 7) is 0. The molecule has 0 spiro atoms. The number of aromatic amines is 2. The van der Waals surface area contributed by atoms with Crippen molar-refractivity contribution in [3.63, 3.8) is 0 Å². The van der Waals surface area contributed by atoms with Crippen LogP contribution in [0.5, 0.6) is 0 Å². The first-order valence-corrected chi connectivity index (χ1v) is 7.20. The maximum Gasteiger partial charge on any atom is 0.331 e. The molecule has 0 aliphatic heterocycles. The zero-order chi connectivity index (χ0) is 15.2. The fraction of sp³-hybridized carbons (Fsp3) is 0.143. The van der Waals surface area contributed by atoms with Crippen LogP contribution in [0.1, 0.15) is 6.42 Å². The van der Waals surface area contributed by atoms with Crippen molar-refractivity contribution in [2.24, 2.45) is 0 Å². The number of carbonyl (C=O) groups excluding carboxylic acids is 2. The van der Waals surface area contributed by atoms with Crippen molar-refractivity contribution in [2.45, 2.75) is 16.5 Å². The number of rotatable bonds is 6. The largest absolute Gasteiger partial charge is 0.359 e. The van der Waals surface area contributed by atoms with Crippen LogP contribution in [0.3, 0.4) is 0 Å². The van der Waals surface area contributed by atoms with Crippen molar-refractivity contribution in [1.82, 2.24) is 30.8 Å². The summed E-state index contributed by atoms with van der Waals surface area (Å²) in [5.74, 6) is -2.28. The van der Waals surface area contributed by atoms with E-state index in [1.807, 2.05) is 0 Å². The van der Waals surface area contributed by atoms with E-state index >= 15 is 0 Å². The van der Waals surface area contributed by atoms with Crippen LogP contribution in [0.2, 0.25) is 0 Å². The highest BCUT2D eigenvalue weighted by Gasteiger charge is 2.21. The Hall–Kier alpha value is -2.48. The Bertz CT molecular complexity index is 612. The molecule has 12 nitrogen and oxygen atoms in total. The third-order valence-corrected chi connectivity index (χ3v) is 3.51. The van der Waals surface area contributed by atoms with Gasteiger partial charge in [0, 0.05) is 0 Å². The molecule has 21 heavy (non-hydrogen) atoms. The normalized spacial score (nSPS) is 13.3. The highest BCUT2D eigenvalue weighted by atomic mass is 32.2. The Balaban J connectivity index is 1.81. The molecule has 0 bridgehead atoms. The third-order valence-electron chi connectivity index (χ3n) is 1.76. The fourth-order valence-corrected chi connectivity index (χ4v) is 2.12. The lowest BCUT2D eigenvalue weighted by Crippen LogP contribution is -2.16. The van der Waals surface area contributed by atoms with Gasteiger partial charge in [0.15, 0.2) is 0 Å². The summed E-state index contributed by atoms with van der Waals surface area (Å²) in [7, 11) is 0. The van der Waals surface area contributed by atoms with E-state index in [9.17, 15) is 18.0 Å². The van der Waals surface area contributed by atoms with Crippen LogP contribution in [0, 0.1) is 0 Å². The molecule has 2 N–H and O–H groups in total. The Kier molecular flexibility index (Phi) is 4.83. The lowest BCUT2D eigenvalue weighted by molar-refractivity contribution is -0.143. The second-order valence-corrected chi connectivity index (χ2v) is 5.29. The van der Waals surface area contributed by atoms with Crippen molar-refractivity contribution in [1.29, 1.82) is 0 Å². The summed E-state index contributed by atoms with van der Waals surface area (Å²) in [5, 5.41) is 17.6. The van der Waals surface area contributed by atoms with Gasteiger partial charge in [-0.15, -0.1) is 10.2 Å². The Morgan fingerprint density at radius 1 is 0.952 bits per heavy atom. The number of nitrogens with one attached hydrogen (secondary N) is 2. The van der Waals surface area contributed by atoms with E-state index in [1.54, 1.807) is 0 Å². The van der Waals surface area contributed by atoms with Gasteiger partial charge in [0.2, 0.25) is 10.1 Å². The van der Waals surface area contributed by atoms with Crippen molar-refractivity contribution >= 4 is 34.1 Å². The van der Waals surface area contributed by atoms with Gasteiger partial charge in [0.05, 0.1) is 12.4 Å². The summed E-state index contributed by atoms with van der Waals surface area (Å²) >= 11 is -4.41. The summed E-state index contributed by atoms with van der Waals surface area (Å²) in [4.78, 5) is 22.6. The molecule has 2 aromatic rings. The first-order chi connectivity index (χ1) is 10.1. The van der Waals surface area contributed by atoms with Crippen molar-refractivity contribution < 1.29 is 26.4 Å². The Morgan fingerprint density at radius 2 is 1.38 bits per heavy atom. The van der Waals surface area contributed by atoms with Crippen LogP contribution in [-0.2, 0) is 40.1 Å². The molecule has 0 saturated carbocycles. The predicted octanol–water partition coefficient (Wildman–Crippen LogP) is -1.86. The van der Waals surface area contributed by atoms with E-state index in [2.05, 4.69) is 39.2 Å². The maximum atomic E-state index is 11.4. The smallest absolute Gasteiger partial charge is 0.331 e. The van der Waals surface area contributed by atoms with E-state index in [0.29, 0.717) is 0 Å². The average Bonchev–Trinajstić information content (AvgIpc) is 3.12. The van der Waals surface area contributed by atoms with Gasteiger partial charge in [0.1, 0.15) is 6.42 Å². The van der Waals surface area contributed by atoms with E-state index in [1.165, 1.54) is 0 Å². The lowest BCUT2D eigenvalue weighted by atomic mass is 10.5.